The third-order valence-corrected chi connectivity index (χ3v) is 5.64. The van der Waals surface area contributed by atoms with Gasteiger partial charge in [0.05, 0.1) is 24.4 Å². The lowest BCUT2D eigenvalue weighted by Crippen LogP contribution is -2.34. The first-order valence-corrected chi connectivity index (χ1v) is 9.72. The summed E-state index contributed by atoms with van der Waals surface area (Å²) < 4.78 is 9.49. The van der Waals surface area contributed by atoms with Gasteiger partial charge in [-0.1, -0.05) is 13.3 Å². The number of hydrogen-bond donors (Lipinski definition) is 1. The smallest absolute Gasteiger partial charge is 0.267 e. The molecule has 7 nitrogen and oxygen atoms in total. The molecule has 1 atom stereocenters. The van der Waals surface area contributed by atoms with Crippen LogP contribution in [0, 0.1) is 0 Å². The van der Waals surface area contributed by atoms with Crippen LogP contribution < -0.4 is 10.1 Å². The van der Waals surface area contributed by atoms with Gasteiger partial charge in [0.15, 0.2) is 0 Å². The summed E-state index contributed by atoms with van der Waals surface area (Å²) in [5.74, 6) is 0.794. The first-order chi connectivity index (χ1) is 13.0. The zero-order valence-electron chi connectivity index (χ0n) is 17.1. The van der Waals surface area contributed by atoms with Crippen molar-refractivity contribution in [2.24, 2.45) is 14.1 Å². The molecule has 3 rings (SSSR count). The lowest BCUT2D eigenvalue weighted by Gasteiger charge is -2.36. The first kappa shape index (κ1) is 19.5. The van der Waals surface area contributed by atoms with Crippen LogP contribution in [0.25, 0.3) is 0 Å². The molecule has 0 saturated carbocycles. The van der Waals surface area contributed by atoms with Gasteiger partial charge in [-0.3, -0.25) is 9.69 Å². The van der Waals surface area contributed by atoms with E-state index < -0.39 is 0 Å². The van der Waals surface area contributed by atoms with Crippen LogP contribution in [0.3, 0.4) is 0 Å². The predicted octanol–water partition coefficient (Wildman–Crippen LogP) is 2.42. The minimum atomic E-state index is -0.0479. The molecule has 1 N–H and O–H groups in total. The molecule has 1 saturated heterocycles. The number of piperidine rings is 1. The van der Waals surface area contributed by atoms with Gasteiger partial charge in [0.1, 0.15) is 5.69 Å². The number of methoxy groups -OCH3 is 1. The predicted molar refractivity (Wildman–Crippen MR) is 105 cm³/mol. The van der Waals surface area contributed by atoms with Crippen molar-refractivity contribution < 1.29 is 9.53 Å². The monoisotopic (exact) mass is 373 g/mol. The van der Waals surface area contributed by atoms with Gasteiger partial charge < -0.3 is 14.6 Å². The van der Waals surface area contributed by atoms with Crippen molar-refractivity contribution >= 4 is 5.91 Å². The number of carbonyl (C=O) groups excluding carboxylic acids is 1. The zero-order valence-corrected chi connectivity index (χ0v) is 17.1. The number of aryl methyl sites for hydroxylation is 2. The fraction of sp³-hybridized carbons (Fsp3) is 0.600. The van der Waals surface area contributed by atoms with Crippen LogP contribution in [0.5, 0.6) is 5.88 Å². The van der Waals surface area contributed by atoms with Crippen molar-refractivity contribution in [2.45, 2.75) is 45.2 Å². The summed E-state index contributed by atoms with van der Waals surface area (Å²) in [6.07, 6.45) is 4.37. The molecule has 0 aromatic carbocycles. The van der Waals surface area contributed by atoms with Crippen LogP contribution in [0.2, 0.25) is 0 Å². The number of likely N-dealkylation sites (tertiary alicyclic amines) is 1. The van der Waals surface area contributed by atoms with E-state index in [1.807, 2.05) is 29.4 Å². The molecule has 0 spiro atoms. The molecule has 1 amide bonds. The molecule has 27 heavy (non-hydrogen) atoms. The van der Waals surface area contributed by atoms with Crippen LogP contribution in [0.1, 0.15) is 59.7 Å². The summed E-state index contributed by atoms with van der Waals surface area (Å²) in [6, 6.07) is 4.30. The largest absolute Gasteiger partial charge is 0.481 e. The summed E-state index contributed by atoms with van der Waals surface area (Å²) >= 11 is 0. The molecule has 7 heteroatoms. The van der Waals surface area contributed by atoms with Crippen LogP contribution in [-0.4, -0.2) is 45.9 Å². The Morgan fingerprint density at radius 2 is 2.11 bits per heavy atom. The highest BCUT2D eigenvalue weighted by Crippen LogP contribution is 2.35. The number of rotatable bonds is 6. The number of nitrogens with one attached hydrogen (secondary N) is 1. The zero-order chi connectivity index (χ0) is 19.6. The highest BCUT2D eigenvalue weighted by Gasteiger charge is 2.29. The van der Waals surface area contributed by atoms with Crippen LogP contribution >= 0.6 is 0 Å². The van der Waals surface area contributed by atoms with Gasteiger partial charge in [0.25, 0.3) is 5.91 Å². The summed E-state index contributed by atoms with van der Waals surface area (Å²) in [5, 5.41) is 7.35. The van der Waals surface area contributed by atoms with E-state index >= 15 is 0 Å². The van der Waals surface area contributed by atoms with Crippen LogP contribution in [-0.2, 0) is 27.1 Å². The quantitative estimate of drug-likeness (QED) is 0.845. The number of amides is 1. The second-order valence-electron chi connectivity index (χ2n) is 7.18. The molecule has 0 radical (unpaired) electrons. The second-order valence-corrected chi connectivity index (χ2v) is 7.18. The average Bonchev–Trinajstić information content (AvgIpc) is 3.21. The highest BCUT2D eigenvalue weighted by atomic mass is 16.5. The maximum absolute atomic E-state index is 12.1. The molecule has 1 aliphatic heterocycles. The van der Waals surface area contributed by atoms with E-state index in [4.69, 9.17) is 4.74 Å². The summed E-state index contributed by atoms with van der Waals surface area (Å²) in [5.41, 5.74) is 4.16. The van der Waals surface area contributed by atoms with E-state index in [1.165, 1.54) is 24.1 Å². The van der Waals surface area contributed by atoms with Gasteiger partial charge in [-0.2, -0.15) is 5.10 Å². The van der Waals surface area contributed by atoms with Crippen molar-refractivity contribution in [3.63, 3.8) is 0 Å². The van der Waals surface area contributed by atoms with E-state index in [2.05, 4.69) is 28.3 Å². The number of hydrogen-bond acceptors (Lipinski definition) is 4. The molecule has 0 bridgehead atoms. The Balaban J connectivity index is 1.92. The standard InChI is InChI=1S/C20H31N5O2/c1-6-15-14(20(27-5)24(4)22-15)13-25-12-8-7-9-17(25)16-10-11-18(23(16)3)19(26)21-2/h10-11,17H,6-9,12-13H2,1-5H3,(H,21,26)/t17-/m1/s1. The minimum absolute atomic E-state index is 0.0479. The number of nitrogens with zero attached hydrogens (tertiary/aromatic N) is 4. The number of ether oxygens (including phenoxy) is 1. The lowest BCUT2D eigenvalue weighted by atomic mass is 9.98. The fourth-order valence-electron chi connectivity index (χ4n) is 4.24. The fourth-order valence-corrected chi connectivity index (χ4v) is 4.24. The Morgan fingerprint density at radius 1 is 1.33 bits per heavy atom. The van der Waals surface area contributed by atoms with E-state index in [1.54, 1.807) is 14.2 Å². The van der Waals surface area contributed by atoms with E-state index in [0.29, 0.717) is 5.69 Å². The Labute approximate surface area is 161 Å². The topological polar surface area (TPSA) is 64.3 Å². The van der Waals surface area contributed by atoms with Crippen molar-refractivity contribution in [1.29, 1.82) is 0 Å². The molecule has 2 aromatic heterocycles. The van der Waals surface area contributed by atoms with E-state index in [0.717, 1.165) is 37.5 Å². The Hall–Kier alpha value is -2.28. The highest BCUT2D eigenvalue weighted by molar-refractivity contribution is 5.92. The average molecular weight is 374 g/mol. The third kappa shape index (κ3) is 3.60. The van der Waals surface area contributed by atoms with E-state index in [-0.39, 0.29) is 11.9 Å². The molecule has 1 fully saturated rings. The summed E-state index contributed by atoms with van der Waals surface area (Å²) in [6.45, 7) is 3.98. The van der Waals surface area contributed by atoms with Gasteiger partial charge >= 0.3 is 0 Å². The van der Waals surface area contributed by atoms with Gasteiger partial charge in [-0.05, 0) is 37.9 Å². The number of aromatic nitrogens is 3. The Kier molecular flexibility index (Phi) is 5.89. The van der Waals surface area contributed by atoms with Gasteiger partial charge in [0.2, 0.25) is 5.88 Å². The Bertz CT molecular complexity index is 808. The van der Waals surface area contributed by atoms with Gasteiger partial charge in [0, 0.05) is 33.4 Å². The molecule has 148 valence electrons. The Morgan fingerprint density at radius 3 is 2.78 bits per heavy atom. The van der Waals surface area contributed by atoms with Crippen molar-refractivity contribution in [3.8, 4) is 5.88 Å². The van der Waals surface area contributed by atoms with Gasteiger partial charge in [-0.15, -0.1) is 0 Å². The summed E-state index contributed by atoms with van der Waals surface area (Å²) in [7, 11) is 7.29. The molecule has 0 aliphatic carbocycles. The van der Waals surface area contributed by atoms with Crippen molar-refractivity contribution in [1.82, 2.24) is 24.6 Å². The summed E-state index contributed by atoms with van der Waals surface area (Å²) in [4.78, 5) is 14.6. The first-order valence-electron chi connectivity index (χ1n) is 9.72. The molecule has 3 heterocycles. The van der Waals surface area contributed by atoms with Crippen molar-refractivity contribution in [2.75, 3.05) is 20.7 Å². The lowest BCUT2D eigenvalue weighted by molar-refractivity contribution is 0.0952. The van der Waals surface area contributed by atoms with Crippen molar-refractivity contribution in [3.05, 3.63) is 34.8 Å². The number of carbonyl (C=O) groups is 1. The normalized spacial score (nSPS) is 17.9. The molecule has 2 aromatic rings. The molecule has 1 aliphatic rings. The van der Waals surface area contributed by atoms with Crippen LogP contribution in [0.15, 0.2) is 12.1 Å². The maximum atomic E-state index is 12.1. The molecular formula is C20H31N5O2. The van der Waals surface area contributed by atoms with E-state index in [9.17, 15) is 4.79 Å². The maximum Gasteiger partial charge on any atom is 0.267 e. The van der Waals surface area contributed by atoms with Crippen LogP contribution in [0.4, 0.5) is 0 Å². The van der Waals surface area contributed by atoms with Gasteiger partial charge in [-0.25, -0.2) is 4.68 Å². The second kappa shape index (κ2) is 8.17. The SMILES string of the molecule is CCc1nn(C)c(OC)c1CN1CCCC[C@@H]1c1ccc(C(=O)NC)n1C. The minimum Gasteiger partial charge on any atom is -0.481 e. The molecular weight excluding hydrogens is 342 g/mol. The molecule has 0 unspecified atom stereocenters. The third-order valence-electron chi connectivity index (χ3n) is 5.64.